The van der Waals surface area contributed by atoms with E-state index < -0.39 is 12.1 Å². The summed E-state index contributed by atoms with van der Waals surface area (Å²) in [6.45, 7) is 3.58. The molecule has 8 nitrogen and oxygen atoms in total. The first kappa shape index (κ1) is 26.4. The van der Waals surface area contributed by atoms with Crippen LogP contribution in [0, 0.1) is 0 Å². The van der Waals surface area contributed by atoms with Crippen LogP contribution in [0.1, 0.15) is 37.3 Å². The fraction of sp³-hybridized carbons (Fsp3) is 0.125. The molecule has 0 aliphatic heterocycles. The monoisotopic (exact) mass is 563 g/mol. The summed E-state index contributed by atoms with van der Waals surface area (Å²) in [7, 11) is 0. The van der Waals surface area contributed by atoms with Crippen LogP contribution < -0.4 is 16.3 Å². The van der Waals surface area contributed by atoms with Crippen molar-refractivity contribution in [2.24, 2.45) is 0 Å². The molecule has 0 aliphatic rings. The van der Waals surface area contributed by atoms with Gasteiger partial charge in [-0.1, -0.05) is 72.3 Å². The number of nitrogens with one attached hydrogen (secondary N) is 2. The Morgan fingerprint density at radius 3 is 2.39 bits per heavy atom. The van der Waals surface area contributed by atoms with E-state index in [1.165, 1.54) is 18.6 Å². The van der Waals surface area contributed by atoms with Crippen molar-refractivity contribution in [3.8, 4) is 16.8 Å². The van der Waals surface area contributed by atoms with Gasteiger partial charge in [0, 0.05) is 23.3 Å². The average molecular weight is 564 g/mol. The Kier molecular flexibility index (Phi) is 6.86. The van der Waals surface area contributed by atoms with Crippen molar-refractivity contribution in [1.82, 2.24) is 19.5 Å². The van der Waals surface area contributed by atoms with Crippen LogP contribution in [0.5, 0.6) is 0 Å². The van der Waals surface area contributed by atoms with Crippen molar-refractivity contribution >= 4 is 39.2 Å². The molecule has 3 aromatic heterocycles. The van der Waals surface area contributed by atoms with Gasteiger partial charge in [-0.15, -0.1) is 0 Å². The number of benzene rings is 3. The van der Waals surface area contributed by atoms with Crippen LogP contribution in [0.4, 0.5) is 5.82 Å². The average Bonchev–Trinajstić information content (AvgIpc) is 2.99. The number of para-hydroxylation sites is 1. The Bertz CT molecular complexity index is 2010. The Hall–Kier alpha value is -4.79. The molecule has 9 heteroatoms. The molecule has 0 saturated heterocycles. The Morgan fingerprint density at radius 1 is 0.902 bits per heavy atom. The van der Waals surface area contributed by atoms with Crippen LogP contribution in [-0.2, 0) is 0 Å². The Labute approximate surface area is 239 Å². The molecule has 0 spiro atoms. The van der Waals surface area contributed by atoms with E-state index in [0.717, 1.165) is 16.7 Å². The minimum absolute atomic E-state index is 0.231. The van der Waals surface area contributed by atoms with Crippen molar-refractivity contribution in [2.45, 2.75) is 26.0 Å². The summed E-state index contributed by atoms with van der Waals surface area (Å²) >= 11 is 7.17. The zero-order valence-corrected chi connectivity index (χ0v) is 23.1. The number of rotatable bonds is 6. The summed E-state index contributed by atoms with van der Waals surface area (Å²) in [6.07, 6.45) is 2.31. The van der Waals surface area contributed by atoms with Crippen molar-refractivity contribution < 1.29 is 5.11 Å². The normalized spacial score (nSPS) is 12.9. The minimum atomic E-state index is -0.597. The highest BCUT2D eigenvalue weighted by atomic mass is 35.5. The summed E-state index contributed by atoms with van der Waals surface area (Å²) in [5, 5.41) is 15.1. The molecule has 0 fully saturated rings. The van der Waals surface area contributed by atoms with Gasteiger partial charge in [0.15, 0.2) is 5.43 Å². The largest absolute Gasteiger partial charge is 0.389 e. The standard InChI is InChI=1S/C32H26ClN5O3/c1-18(37-31-27-25(40)15-16-34-30(27)35-17-36-31)29-28(33)24-10-6-9-23(21-13-11-20(12-14-21)19(2)39)26(24)32(41)38(29)22-7-4-3-5-8-22/h3-19,39H,1-2H3,(H2,34,35,36,37,40)/t18-,19?/m0/s1. The predicted molar refractivity (Wildman–Crippen MR) is 163 cm³/mol. The summed E-state index contributed by atoms with van der Waals surface area (Å²) in [6, 6.07) is 23.3. The molecular weight excluding hydrogens is 538 g/mol. The van der Waals surface area contributed by atoms with Crippen molar-refractivity contribution in [3.63, 3.8) is 0 Å². The van der Waals surface area contributed by atoms with Gasteiger partial charge in [0.2, 0.25) is 0 Å². The van der Waals surface area contributed by atoms with Gasteiger partial charge in [0.05, 0.1) is 28.2 Å². The zero-order chi connectivity index (χ0) is 28.7. The van der Waals surface area contributed by atoms with E-state index in [9.17, 15) is 14.7 Å². The van der Waals surface area contributed by atoms with Crippen molar-refractivity contribution in [3.05, 3.63) is 128 Å². The molecule has 6 aromatic rings. The van der Waals surface area contributed by atoms with Gasteiger partial charge >= 0.3 is 0 Å². The second-order valence-electron chi connectivity index (χ2n) is 9.86. The lowest BCUT2D eigenvalue weighted by Crippen LogP contribution is -2.27. The number of hydrogen-bond donors (Lipinski definition) is 3. The summed E-state index contributed by atoms with van der Waals surface area (Å²) < 4.78 is 1.61. The van der Waals surface area contributed by atoms with E-state index in [1.54, 1.807) is 11.5 Å². The first-order valence-corrected chi connectivity index (χ1v) is 13.5. The highest BCUT2D eigenvalue weighted by Crippen LogP contribution is 2.36. The van der Waals surface area contributed by atoms with E-state index in [1.807, 2.05) is 79.7 Å². The molecule has 0 bridgehead atoms. The number of halogens is 1. The lowest BCUT2D eigenvalue weighted by molar-refractivity contribution is 0.199. The number of H-pyrrole nitrogens is 1. The fourth-order valence-electron chi connectivity index (χ4n) is 5.21. The van der Waals surface area contributed by atoms with Crippen LogP contribution in [0.15, 0.2) is 101 Å². The molecule has 0 saturated carbocycles. The van der Waals surface area contributed by atoms with E-state index in [0.29, 0.717) is 44.0 Å². The molecule has 1 unspecified atom stereocenters. The third kappa shape index (κ3) is 4.67. The molecule has 3 N–H and O–H groups in total. The maximum absolute atomic E-state index is 14.5. The molecule has 3 aromatic carbocycles. The van der Waals surface area contributed by atoms with E-state index >= 15 is 0 Å². The van der Waals surface area contributed by atoms with Gasteiger partial charge < -0.3 is 15.4 Å². The van der Waals surface area contributed by atoms with Crippen molar-refractivity contribution in [1.29, 1.82) is 0 Å². The Morgan fingerprint density at radius 2 is 1.66 bits per heavy atom. The molecule has 204 valence electrons. The molecular formula is C32H26ClN5O3. The van der Waals surface area contributed by atoms with Gasteiger partial charge in [-0.25, -0.2) is 9.97 Å². The van der Waals surface area contributed by atoms with E-state index in [4.69, 9.17) is 11.6 Å². The van der Waals surface area contributed by atoms with Gasteiger partial charge in [0.25, 0.3) is 5.56 Å². The molecule has 3 heterocycles. The van der Waals surface area contributed by atoms with Crippen molar-refractivity contribution in [2.75, 3.05) is 5.32 Å². The van der Waals surface area contributed by atoms with Crippen LogP contribution in [0.3, 0.4) is 0 Å². The fourth-order valence-corrected chi connectivity index (χ4v) is 5.62. The highest BCUT2D eigenvalue weighted by Gasteiger charge is 2.24. The Balaban J connectivity index is 1.59. The third-order valence-corrected chi connectivity index (χ3v) is 7.61. The third-order valence-electron chi connectivity index (χ3n) is 7.21. The quantitative estimate of drug-likeness (QED) is 0.223. The van der Waals surface area contributed by atoms with Gasteiger partial charge in [-0.2, -0.15) is 0 Å². The molecule has 0 aliphatic carbocycles. The number of aromatic amines is 1. The lowest BCUT2D eigenvalue weighted by Gasteiger charge is -2.24. The molecule has 0 radical (unpaired) electrons. The van der Waals surface area contributed by atoms with Crippen LogP contribution >= 0.6 is 11.6 Å². The number of aliphatic hydroxyl groups is 1. The number of nitrogens with zero attached hydrogens (tertiary/aromatic N) is 3. The number of anilines is 1. The van der Waals surface area contributed by atoms with E-state index in [2.05, 4.69) is 20.3 Å². The highest BCUT2D eigenvalue weighted by molar-refractivity contribution is 6.36. The van der Waals surface area contributed by atoms with Gasteiger partial charge in [-0.3, -0.25) is 14.2 Å². The SMILES string of the molecule is CC(O)c1ccc(-c2cccc3c(Cl)c([C@H](C)Nc4ncnc5[nH]ccc(=O)c45)n(-c4ccccc4)c(=O)c23)cc1. The van der Waals surface area contributed by atoms with Gasteiger partial charge in [0.1, 0.15) is 23.2 Å². The molecule has 6 rings (SSSR count). The van der Waals surface area contributed by atoms with E-state index in [-0.39, 0.29) is 11.0 Å². The molecule has 0 amide bonds. The summed E-state index contributed by atoms with van der Waals surface area (Å²) in [4.78, 5) is 38.6. The topological polar surface area (TPSA) is 113 Å². The summed E-state index contributed by atoms with van der Waals surface area (Å²) in [5.41, 5.74) is 3.46. The van der Waals surface area contributed by atoms with Gasteiger partial charge in [-0.05, 0) is 42.7 Å². The van der Waals surface area contributed by atoms with Crippen LogP contribution in [0.2, 0.25) is 5.02 Å². The number of pyridine rings is 2. The zero-order valence-electron chi connectivity index (χ0n) is 22.3. The molecule has 2 atom stereocenters. The maximum Gasteiger partial charge on any atom is 0.263 e. The number of hydrogen-bond acceptors (Lipinski definition) is 6. The van der Waals surface area contributed by atoms with Crippen LogP contribution in [-0.4, -0.2) is 24.6 Å². The number of aliphatic hydroxyl groups excluding tert-OH is 1. The maximum atomic E-state index is 14.5. The second kappa shape index (κ2) is 10.6. The minimum Gasteiger partial charge on any atom is -0.389 e. The molecule has 41 heavy (non-hydrogen) atoms. The smallest absolute Gasteiger partial charge is 0.263 e. The summed E-state index contributed by atoms with van der Waals surface area (Å²) in [5.74, 6) is 0.333. The lowest BCUT2D eigenvalue weighted by atomic mass is 9.96. The first-order valence-electron chi connectivity index (χ1n) is 13.1. The second-order valence-corrected chi connectivity index (χ2v) is 10.2. The predicted octanol–water partition coefficient (Wildman–Crippen LogP) is 6.17. The van der Waals surface area contributed by atoms with Crippen LogP contribution in [0.25, 0.3) is 38.6 Å². The first-order chi connectivity index (χ1) is 19.8. The number of aromatic nitrogens is 4. The number of fused-ring (bicyclic) bond motifs is 2.